The van der Waals surface area contributed by atoms with Crippen LogP contribution in [-0.4, -0.2) is 100 Å². The van der Waals surface area contributed by atoms with Crippen LogP contribution in [0.1, 0.15) is 97.4 Å². The fraction of sp³-hybridized carbons (Fsp3) is 0.565. The Kier molecular flexibility index (Phi) is 16.2. The number of nitrogens with one attached hydrogen (secondary N) is 3. The molecule has 3 unspecified atom stereocenters. The Morgan fingerprint density at radius 2 is 1.58 bits per heavy atom. The quantitative estimate of drug-likeness (QED) is 0.127. The number of β-amino-alcohol motifs (C(OH)–C–C–N with tert-alkyl or cyclic N) is 1. The summed E-state index contributed by atoms with van der Waals surface area (Å²) in [5, 5.41) is 19.5. The number of primary amides is 1. The van der Waals surface area contributed by atoms with Crippen LogP contribution in [0, 0.1) is 18.3 Å². The number of aryl methyl sites for hydroxylation is 1. The first-order chi connectivity index (χ1) is 29.2. The van der Waals surface area contributed by atoms with Crippen LogP contribution in [0.5, 0.6) is 0 Å². The van der Waals surface area contributed by atoms with E-state index in [1.165, 1.54) is 4.90 Å². The van der Waals surface area contributed by atoms with Crippen LogP contribution in [-0.2, 0) is 41.8 Å². The SMILES string of the molecule is Cc1ncsc1-c1ccc(CNC(=O)[C@@H]2C[C@@H](O)CN2C(=O)C(NC(=O)C2CCN(c3ccc(COC(C)C(CCC(N)=O)NC(=O)OC(C)(C)C)cc3)CC2)C(C)(C)C)cc1. The number of nitrogens with two attached hydrogens (primary N) is 1. The number of carbonyl (C=O) groups excluding carboxylic acids is 5. The Bertz CT molecular complexity index is 2000. The van der Waals surface area contributed by atoms with Gasteiger partial charge in [0.15, 0.2) is 0 Å². The molecule has 0 radical (unpaired) electrons. The summed E-state index contributed by atoms with van der Waals surface area (Å²) in [6.07, 6.45) is -0.181. The number of aliphatic hydroxyl groups excluding tert-OH is 1. The maximum atomic E-state index is 14.2. The van der Waals surface area contributed by atoms with Gasteiger partial charge in [0.25, 0.3) is 0 Å². The molecule has 3 heterocycles. The molecule has 0 aliphatic carbocycles. The van der Waals surface area contributed by atoms with Gasteiger partial charge in [0.2, 0.25) is 23.6 Å². The van der Waals surface area contributed by atoms with Gasteiger partial charge in [0, 0.05) is 50.6 Å². The van der Waals surface area contributed by atoms with Crippen molar-refractivity contribution in [2.24, 2.45) is 17.1 Å². The van der Waals surface area contributed by atoms with Gasteiger partial charge >= 0.3 is 6.09 Å². The maximum absolute atomic E-state index is 14.2. The number of aromatic nitrogens is 1. The summed E-state index contributed by atoms with van der Waals surface area (Å²) in [4.78, 5) is 74.5. The number of anilines is 1. The number of hydrogen-bond acceptors (Lipinski definition) is 11. The number of rotatable bonds is 16. The molecule has 5 rings (SSSR count). The van der Waals surface area contributed by atoms with Crippen molar-refractivity contribution >= 4 is 46.7 Å². The van der Waals surface area contributed by atoms with Crippen LogP contribution in [0.3, 0.4) is 0 Å². The van der Waals surface area contributed by atoms with Gasteiger partial charge in [-0.25, -0.2) is 9.78 Å². The van der Waals surface area contributed by atoms with Crippen LogP contribution >= 0.6 is 11.3 Å². The molecule has 2 aromatic carbocycles. The van der Waals surface area contributed by atoms with Gasteiger partial charge in [-0.05, 0) is 88.1 Å². The van der Waals surface area contributed by atoms with Crippen LogP contribution in [0.15, 0.2) is 54.0 Å². The zero-order valence-electron chi connectivity index (χ0n) is 37.4. The third kappa shape index (κ3) is 13.5. The number of likely N-dealkylation sites (tertiary alicyclic amines) is 1. The molecule has 0 bridgehead atoms. The standard InChI is InChI=1S/C46H65N7O8S/c1-28-39(62-27-49-28)32-13-9-30(10-14-32)24-48-42(57)37-23-35(54)25-53(37)43(58)40(45(3,4)5)51-41(56)33-19-21-52(22-20-33)34-15-11-31(12-16-34)26-60-29(2)36(17-18-38(47)55)50-44(59)61-46(6,7)8/h9-16,27,29,33,35-37,40,54H,17-26H2,1-8H3,(H2,47,55)(H,48,57)(H,50,59)(H,51,56)/t29?,35-,36?,37+,40?/m1/s1. The summed E-state index contributed by atoms with van der Waals surface area (Å²) in [5.41, 5.74) is 10.7. The van der Waals surface area contributed by atoms with Crippen molar-refractivity contribution in [2.45, 2.75) is 137 Å². The topological polar surface area (TPSA) is 206 Å². The second-order valence-corrected chi connectivity index (χ2v) is 19.4. The molecule has 62 heavy (non-hydrogen) atoms. The Morgan fingerprint density at radius 3 is 2.16 bits per heavy atom. The number of aliphatic hydroxyl groups is 1. The lowest BCUT2D eigenvalue weighted by Crippen LogP contribution is -2.58. The lowest BCUT2D eigenvalue weighted by Gasteiger charge is -2.37. The van der Waals surface area contributed by atoms with E-state index in [4.69, 9.17) is 15.2 Å². The first-order valence-corrected chi connectivity index (χ1v) is 22.4. The largest absolute Gasteiger partial charge is 0.444 e. The molecule has 1 aromatic heterocycles. The number of thiazole rings is 1. The molecule has 15 nitrogen and oxygen atoms in total. The Hall–Kier alpha value is -5.06. The second-order valence-electron chi connectivity index (χ2n) is 18.6. The molecule has 16 heteroatoms. The minimum Gasteiger partial charge on any atom is -0.444 e. The van der Waals surface area contributed by atoms with Crippen LogP contribution in [0.25, 0.3) is 10.4 Å². The first kappa shape index (κ1) is 48.0. The molecule has 3 aromatic rings. The minimum absolute atomic E-state index is 0.00732. The molecule has 2 aliphatic rings. The minimum atomic E-state index is -0.902. The molecule has 0 saturated carbocycles. The smallest absolute Gasteiger partial charge is 0.407 e. The van der Waals surface area contributed by atoms with E-state index in [0.717, 1.165) is 32.9 Å². The molecule has 0 spiro atoms. The number of benzene rings is 2. The highest BCUT2D eigenvalue weighted by Gasteiger charge is 2.45. The third-order valence-electron chi connectivity index (χ3n) is 11.3. The van der Waals surface area contributed by atoms with Crippen molar-refractivity contribution < 1.29 is 38.6 Å². The highest BCUT2D eigenvalue weighted by Crippen LogP contribution is 2.30. The molecule has 5 atom stereocenters. The summed E-state index contributed by atoms with van der Waals surface area (Å²) in [6, 6.07) is 13.6. The molecule has 338 valence electrons. The van der Waals surface area contributed by atoms with E-state index in [1.54, 1.807) is 32.1 Å². The Morgan fingerprint density at radius 1 is 0.935 bits per heavy atom. The average Bonchev–Trinajstić information content (AvgIpc) is 3.83. The van der Waals surface area contributed by atoms with E-state index >= 15 is 0 Å². The van der Waals surface area contributed by atoms with Gasteiger partial charge in [0.05, 0.1) is 40.9 Å². The summed E-state index contributed by atoms with van der Waals surface area (Å²) >= 11 is 1.58. The highest BCUT2D eigenvalue weighted by molar-refractivity contribution is 7.13. The van der Waals surface area contributed by atoms with Gasteiger partial charge in [-0.1, -0.05) is 57.2 Å². The highest BCUT2D eigenvalue weighted by atomic mass is 32.1. The van der Waals surface area contributed by atoms with E-state index in [0.29, 0.717) is 32.4 Å². The van der Waals surface area contributed by atoms with Crippen molar-refractivity contribution in [3.05, 3.63) is 70.9 Å². The number of hydrogen-bond donors (Lipinski definition) is 5. The number of alkyl carbamates (subject to hydrolysis) is 1. The Labute approximate surface area is 369 Å². The number of ether oxygens (including phenoxy) is 2. The normalized spacial score (nSPS) is 18.7. The predicted octanol–water partition coefficient (Wildman–Crippen LogP) is 5.21. The van der Waals surface area contributed by atoms with Gasteiger partial charge in [0.1, 0.15) is 17.7 Å². The molecular weight excluding hydrogens is 811 g/mol. The van der Waals surface area contributed by atoms with Crippen molar-refractivity contribution in [2.75, 3.05) is 24.5 Å². The number of amides is 5. The molecule has 2 saturated heterocycles. The van der Waals surface area contributed by atoms with Gasteiger partial charge in [-0.3, -0.25) is 19.2 Å². The molecular formula is C46H65N7O8S. The fourth-order valence-corrected chi connectivity index (χ4v) is 8.58. The molecule has 6 N–H and O–H groups in total. The monoisotopic (exact) mass is 875 g/mol. The van der Waals surface area contributed by atoms with Gasteiger partial charge in [-0.2, -0.15) is 0 Å². The van der Waals surface area contributed by atoms with E-state index < -0.39 is 53.3 Å². The van der Waals surface area contributed by atoms with Crippen molar-refractivity contribution in [1.29, 1.82) is 0 Å². The van der Waals surface area contributed by atoms with E-state index in [9.17, 15) is 29.1 Å². The van der Waals surface area contributed by atoms with Crippen molar-refractivity contribution in [3.8, 4) is 10.4 Å². The second kappa shape index (κ2) is 20.9. The van der Waals surface area contributed by atoms with Gasteiger partial charge < -0.3 is 46.1 Å². The first-order valence-electron chi connectivity index (χ1n) is 21.5. The lowest BCUT2D eigenvalue weighted by atomic mass is 9.84. The summed E-state index contributed by atoms with van der Waals surface area (Å²) in [5.74, 6) is -1.71. The predicted molar refractivity (Wildman–Crippen MR) is 239 cm³/mol. The fourth-order valence-electron chi connectivity index (χ4n) is 7.77. The van der Waals surface area contributed by atoms with Crippen LogP contribution in [0.4, 0.5) is 10.5 Å². The molecule has 2 aliphatic heterocycles. The number of nitrogens with zero attached hydrogens (tertiary/aromatic N) is 3. The van der Waals surface area contributed by atoms with E-state index in [2.05, 4.69) is 25.8 Å². The summed E-state index contributed by atoms with van der Waals surface area (Å²) in [6.45, 7) is 16.6. The summed E-state index contributed by atoms with van der Waals surface area (Å²) in [7, 11) is 0. The van der Waals surface area contributed by atoms with Crippen molar-refractivity contribution in [1.82, 2.24) is 25.8 Å². The maximum Gasteiger partial charge on any atom is 0.407 e. The Balaban J connectivity index is 1.11. The summed E-state index contributed by atoms with van der Waals surface area (Å²) < 4.78 is 11.5. The zero-order valence-corrected chi connectivity index (χ0v) is 38.2. The molecule has 5 amide bonds. The number of piperidine rings is 1. The van der Waals surface area contributed by atoms with Gasteiger partial charge in [-0.15, -0.1) is 11.3 Å². The van der Waals surface area contributed by atoms with Crippen LogP contribution < -0.4 is 26.6 Å². The average molecular weight is 876 g/mol. The number of carbonyl (C=O) groups is 5. The van der Waals surface area contributed by atoms with E-state index in [1.807, 2.05) is 88.7 Å². The third-order valence-corrected chi connectivity index (χ3v) is 12.3. The van der Waals surface area contributed by atoms with Crippen molar-refractivity contribution in [3.63, 3.8) is 0 Å². The van der Waals surface area contributed by atoms with Crippen LogP contribution in [0.2, 0.25) is 0 Å². The van der Waals surface area contributed by atoms with E-state index in [-0.39, 0.29) is 56.2 Å². The lowest BCUT2D eigenvalue weighted by molar-refractivity contribution is -0.144. The zero-order chi connectivity index (χ0) is 45.4. The molecule has 2 fully saturated rings.